The van der Waals surface area contributed by atoms with Crippen molar-refractivity contribution in [1.82, 2.24) is 0 Å². The monoisotopic (exact) mass is 344 g/mol. The number of benzene rings is 5. The van der Waals surface area contributed by atoms with Gasteiger partial charge in [0, 0.05) is 22.1 Å². The molecule has 0 aliphatic rings. The summed E-state index contributed by atoms with van der Waals surface area (Å²) in [6, 6.07) is 41.4. The third-order valence-corrected chi connectivity index (χ3v) is 4.93. The number of hydrogen-bond donors (Lipinski definition) is 0. The summed E-state index contributed by atoms with van der Waals surface area (Å²) in [5.41, 5.74) is 3.48. The predicted octanol–water partition coefficient (Wildman–Crippen LogP) is 7.26. The number of anilines is 3. The molecule has 0 saturated heterocycles. The van der Waals surface area contributed by atoms with Gasteiger partial charge in [-0.2, -0.15) is 0 Å². The number of nitrogens with zero attached hydrogens (tertiary/aromatic N) is 1. The number of rotatable bonds is 3. The van der Waals surface area contributed by atoms with Gasteiger partial charge in [0.15, 0.2) is 0 Å². The molecule has 0 heterocycles. The molecule has 0 aliphatic carbocycles. The number of para-hydroxylation sites is 2. The number of fused-ring (bicyclic) bond motifs is 2. The molecule has 27 heavy (non-hydrogen) atoms. The maximum Gasteiger partial charge on any atom is 0.0618 e. The molecular weight excluding hydrogens is 326 g/mol. The van der Waals surface area contributed by atoms with Crippen LogP contribution in [-0.2, 0) is 0 Å². The van der Waals surface area contributed by atoms with Gasteiger partial charge < -0.3 is 4.90 Å². The largest absolute Gasteiger partial charge is 0.309 e. The van der Waals surface area contributed by atoms with Crippen LogP contribution in [0.2, 0.25) is 0 Å². The summed E-state index contributed by atoms with van der Waals surface area (Å²) in [6.07, 6.45) is 0. The molecule has 0 aliphatic heterocycles. The Balaban J connectivity index is 1.92. The normalized spacial score (nSPS) is 11.0. The van der Waals surface area contributed by atoms with E-state index in [0.717, 1.165) is 11.4 Å². The summed E-state index contributed by atoms with van der Waals surface area (Å²) >= 11 is 0. The Morgan fingerprint density at radius 3 is 1.85 bits per heavy atom. The van der Waals surface area contributed by atoms with Gasteiger partial charge in [0.05, 0.1) is 5.69 Å². The van der Waals surface area contributed by atoms with Gasteiger partial charge in [-0.15, -0.1) is 0 Å². The van der Waals surface area contributed by atoms with Gasteiger partial charge in [-0.1, -0.05) is 72.8 Å². The quantitative estimate of drug-likeness (QED) is 0.311. The second-order valence-corrected chi connectivity index (χ2v) is 6.60. The van der Waals surface area contributed by atoms with Crippen LogP contribution in [-0.4, -0.2) is 0 Å². The van der Waals surface area contributed by atoms with E-state index in [4.69, 9.17) is 0 Å². The van der Waals surface area contributed by atoms with E-state index < -0.39 is 0 Å². The van der Waals surface area contributed by atoms with Crippen molar-refractivity contribution >= 4 is 38.6 Å². The Labute approximate surface area is 159 Å². The van der Waals surface area contributed by atoms with E-state index in [9.17, 15) is 0 Å². The van der Waals surface area contributed by atoms with Gasteiger partial charge >= 0.3 is 0 Å². The Morgan fingerprint density at radius 1 is 0.556 bits per heavy atom. The molecule has 5 aromatic rings. The van der Waals surface area contributed by atoms with Crippen molar-refractivity contribution in [2.24, 2.45) is 0 Å². The lowest BCUT2D eigenvalue weighted by atomic mass is 9.99. The molecule has 0 amide bonds. The van der Waals surface area contributed by atoms with Crippen LogP contribution in [0.15, 0.2) is 109 Å². The minimum atomic E-state index is 1.14. The van der Waals surface area contributed by atoms with E-state index in [1.165, 1.54) is 27.2 Å². The highest BCUT2D eigenvalue weighted by Crippen LogP contribution is 2.43. The van der Waals surface area contributed by atoms with E-state index in [1.807, 2.05) is 6.07 Å². The average Bonchev–Trinajstić information content (AvgIpc) is 2.75. The molecule has 0 fully saturated rings. The molecule has 0 saturated carbocycles. The van der Waals surface area contributed by atoms with Crippen molar-refractivity contribution in [3.63, 3.8) is 0 Å². The van der Waals surface area contributed by atoms with Crippen LogP contribution in [0, 0.1) is 6.07 Å². The molecule has 0 bridgehead atoms. The van der Waals surface area contributed by atoms with E-state index in [2.05, 4.69) is 114 Å². The highest BCUT2D eigenvalue weighted by Gasteiger charge is 2.17. The van der Waals surface area contributed by atoms with Crippen LogP contribution < -0.4 is 4.90 Å². The predicted molar refractivity (Wildman–Crippen MR) is 115 cm³/mol. The summed E-state index contributed by atoms with van der Waals surface area (Å²) in [4.78, 5) is 2.35. The molecule has 5 aromatic carbocycles. The second-order valence-electron chi connectivity index (χ2n) is 6.60. The standard InChI is InChI=1S/C26H18N/c1-3-13-22(14-4-1)27(23-15-5-2-6-16-23)26-24-17-9-7-11-20(24)19-21-12-8-10-18-25(21)26/h1-9,11-19H. The third-order valence-electron chi connectivity index (χ3n) is 4.93. The van der Waals surface area contributed by atoms with Gasteiger partial charge in [0.25, 0.3) is 0 Å². The fraction of sp³-hybridized carbons (Fsp3) is 0. The second kappa shape index (κ2) is 6.62. The maximum absolute atomic E-state index is 3.27. The van der Waals surface area contributed by atoms with Gasteiger partial charge in [0.1, 0.15) is 0 Å². The van der Waals surface area contributed by atoms with Crippen LogP contribution >= 0.6 is 0 Å². The molecule has 1 heteroatoms. The first-order chi connectivity index (χ1) is 13.4. The molecule has 1 radical (unpaired) electrons. The highest BCUT2D eigenvalue weighted by atomic mass is 15.1. The molecule has 5 rings (SSSR count). The van der Waals surface area contributed by atoms with Crippen LogP contribution in [0.3, 0.4) is 0 Å². The van der Waals surface area contributed by atoms with Crippen molar-refractivity contribution in [2.75, 3.05) is 4.90 Å². The lowest BCUT2D eigenvalue weighted by Gasteiger charge is -2.28. The Morgan fingerprint density at radius 2 is 1.15 bits per heavy atom. The Kier molecular flexibility index (Phi) is 3.84. The Bertz CT molecular complexity index is 1120. The van der Waals surface area contributed by atoms with Crippen molar-refractivity contribution in [3.05, 3.63) is 115 Å². The van der Waals surface area contributed by atoms with Crippen LogP contribution in [0.1, 0.15) is 0 Å². The summed E-state index contributed by atoms with van der Waals surface area (Å²) in [5.74, 6) is 0. The zero-order chi connectivity index (χ0) is 18.1. The summed E-state index contributed by atoms with van der Waals surface area (Å²) in [6.45, 7) is 0. The average molecular weight is 344 g/mol. The van der Waals surface area contributed by atoms with Gasteiger partial charge in [-0.3, -0.25) is 0 Å². The van der Waals surface area contributed by atoms with Crippen molar-refractivity contribution < 1.29 is 0 Å². The van der Waals surface area contributed by atoms with E-state index in [1.54, 1.807) is 0 Å². The van der Waals surface area contributed by atoms with Gasteiger partial charge in [-0.25, -0.2) is 0 Å². The molecule has 0 atom stereocenters. The van der Waals surface area contributed by atoms with Crippen molar-refractivity contribution in [2.45, 2.75) is 0 Å². The molecule has 0 N–H and O–H groups in total. The van der Waals surface area contributed by atoms with Crippen LogP contribution in [0.25, 0.3) is 21.5 Å². The molecule has 127 valence electrons. The zero-order valence-electron chi connectivity index (χ0n) is 14.8. The highest BCUT2D eigenvalue weighted by molar-refractivity contribution is 6.14. The summed E-state index contributed by atoms with van der Waals surface area (Å²) in [7, 11) is 0. The molecular formula is C26H18N. The van der Waals surface area contributed by atoms with E-state index in [-0.39, 0.29) is 0 Å². The SMILES string of the molecule is [c]1ccc2cc3ccccc3c(N(c3ccccc3)c3ccccc3)c2c1. The van der Waals surface area contributed by atoms with Gasteiger partial charge in [-0.05, 0) is 53.2 Å². The topological polar surface area (TPSA) is 3.24 Å². The smallest absolute Gasteiger partial charge is 0.0618 e. The molecule has 0 unspecified atom stereocenters. The summed E-state index contributed by atoms with van der Waals surface area (Å²) < 4.78 is 0. The first kappa shape index (κ1) is 15.7. The molecule has 0 aromatic heterocycles. The number of hydrogen-bond acceptors (Lipinski definition) is 1. The minimum absolute atomic E-state index is 1.14. The lowest BCUT2D eigenvalue weighted by molar-refractivity contribution is 1.31. The zero-order valence-corrected chi connectivity index (χ0v) is 14.8. The summed E-state index contributed by atoms with van der Waals surface area (Å²) in [5, 5.41) is 4.89. The van der Waals surface area contributed by atoms with E-state index in [0.29, 0.717) is 0 Å². The van der Waals surface area contributed by atoms with Crippen molar-refractivity contribution in [3.8, 4) is 0 Å². The first-order valence-electron chi connectivity index (χ1n) is 9.13. The third kappa shape index (κ3) is 2.74. The Hall–Kier alpha value is -3.58. The lowest BCUT2D eigenvalue weighted by Crippen LogP contribution is -2.10. The maximum atomic E-state index is 3.27. The first-order valence-corrected chi connectivity index (χ1v) is 9.13. The van der Waals surface area contributed by atoms with Crippen molar-refractivity contribution in [1.29, 1.82) is 0 Å². The molecule has 0 spiro atoms. The van der Waals surface area contributed by atoms with Crippen LogP contribution in [0.5, 0.6) is 0 Å². The minimum Gasteiger partial charge on any atom is -0.309 e. The van der Waals surface area contributed by atoms with Gasteiger partial charge in [0.2, 0.25) is 0 Å². The van der Waals surface area contributed by atoms with E-state index >= 15 is 0 Å². The molecule has 1 nitrogen and oxygen atoms in total. The van der Waals surface area contributed by atoms with Crippen LogP contribution in [0.4, 0.5) is 17.1 Å². The fourth-order valence-electron chi connectivity index (χ4n) is 3.73. The fourth-order valence-corrected chi connectivity index (χ4v) is 3.73.